The first-order valence-electron chi connectivity index (χ1n) is 7.97. The third kappa shape index (κ3) is 3.40. The molecule has 0 amide bonds. The normalized spacial score (nSPS) is 28.4. The quantitative estimate of drug-likeness (QED) is 0.855. The number of nitrogens with zero attached hydrogens (tertiary/aromatic N) is 2. The molecule has 2 atom stereocenters. The molecule has 0 radical (unpaired) electrons. The highest BCUT2D eigenvalue weighted by Gasteiger charge is 2.37. The molecule has 1 aliphatic carbocycles. The van der Waals surface area contributed by atoms with E-state index in [1.54, 1.807) is 0 Å². The lowest BCUT2D eigenvalue weighted by molar-refractivity contribution is 0.209. The van der Waals surface area contributed by atoms with Crippen molar-refractivity contribution >= 4 is 0 Å². The minimum Gasteiger partial charge on any atom is -0.339 e. The summed E-state index contributed by atoms with van der Waals surface area (Å²) in [5, 5.41) is 4.15. The highest BCUT2D eigenvalue weighted by Crippen LogP contribution is 2.41. The molecule has 0 aromatic carbocycles. The maximum Gasteiger partial charge on any atom is 0.226 e. The van der Waals surface area contributed by atoms with Crippen LogP contribution in [0.3, 0.4) is 0 Å². The van der Waals surface area contributed by atoms with Crippen molar-refractivity contribution in [2.45, 2.75) is 78.2 Å². The third-order valence-corrected chi connectivity index (χ3v) is 4.72. The molecule has 4 heteroatoms. The van der Waals surface area contributed by atoms with Crippen LogP contribution in [0.2, 0.25) is 0 Å². The lowest BCUT2D eigenvalue weighted by Gasteiger charge is -2.30. The van der Waals surface area contributed by atoms with Gasteiger partial charge in [0, 0.05) is 6.42 Å². The Morgan fingerprint density at radius 3 is 2.70 bits per heavy atom. The van der Waals surface area contributed by atoms with E-state index in [1.807, 2.05) is 0 Å². The first kappa shape index (κ1) is 15.5. The van der Waals surface area contributed by atoms with E-state index in [0.717, 1.165) is 56.2 Å². The predicted molar refractivity (Wildman–Crippen MR) is 80.2 cm³/mol. The summed E-state index contributed by atoms with van der Waals surface area (Å²) in [6, 6.07) is 0. The fraction of sp³-hybridized carbons (Fsp3) is 0.875. The maximum atomic E-state index is 6.61. The van der Waals surface area contributed by atoms with Gasteiger partial charge in [0.1, 0.15) is 0 Å². The SMILES string of the molecule is CCCc1nc(C2(N)CCCC(C(C)(C)C)CC2)no1. The highest BCUT2D eigenvalue weighted by atomic mass is 16.5. The molecule has 2 unspecified atom stereocenters. The zero-order valence-corrected chi connectivity index (χ0v) is 13.4. The van der Waals surface area contributed by atoms with Gasteiger partial charge in [-0.05, 0) is 43.4 Å². The number of hydrogen-bond acceptors (Lipinski definition) is 4. The molecule has 0 bridgehead atoms. The molecule has 1 aliphatic rings. The zero-order valence-electron chi connectivity index (χ0n) is 13.4. The first-order chi connectivity index (χ1) is 9.35. The van der Waals surface area contributed by atoms with Crippen LogP contribution >= 0.6 is 0 Å². The fourth-order valence-corrected chi connectivity index (χ4v) is 3.23. The van der Waals surface area contributed by atoms with Crippen LogP contribution < -0.4 is 5.73 Å². The summed E-state index contributed by atoms with van der Waals surface area (Å²) in [5.74, 6) is 2.18. The molecule has 2 N–H and O–H groups in total. The van der Waals surface area contributed by atoms with Crippen LogP contribution in [0, 0.1) is 11.3 Å². The van der Waals surface area contributed by atoms with Crippen molar-refractivity contribution in [1.29, 1.82) is 0 Å². The summed E-state index contributed by atoms with van der Waals surface area (Å²) >= 11 is 0. The molecule has 1 heterocycles. The van der Waals surface area contributed by atoms with Crippen LogP contribution in [-0.2, 0) is 12.0 Å². The first-order valence-corrected chi connectivity index (χ1v) is 7.97. The second-order valence-corrected chi connectivity index (χ2v) is 7.41. The number of nitrogens with two attached hydrogens (primary N) is 1. The van der Waals surface area contributed by atoms with E-state index in [2.05, 4.69) is 37.8 Å². The van der Waals surface area contributed by atoms with Gasteiger partial charge in [0.25, 0.3) is 0 Å². The molecule has 2 rings (SSSR count). The summed E-state index contributed by atoms with van der Waals surface area (Å²) in [5.41, 5.74) is 6.57. The maximum absolute atomic E-state index is 6.61. The number of rotatable bonds is 3. The summed E-state index contributed by atoms with van der Waals surface area (Å²) in [4.78, 5) is 4.52. The van der Waals surface area contributed by atoms with E-state index in [4.69, 9.17) is 10.3 Å². The minimum atomic E-state index is -0.393. The average Bonchev–Trinajstić information content (AvgIpc) is 2.72. The Hall–Kier alpha value is -0.900. The van der Waals surface area contributed by atoms with Gasteiger partial charge in [-0.3, -0.25) is 0 Å². The van der Waals surface area contributed by atoms with Crippen molar-refractivity contribution in [1.82, 2.24) is 10.1 Å². The molecule has 4 nitrogen and oxygen atoms in total. The number of aryl methyl sites for hydroxylation is 1. The molecule has 0 saturated heterocycles. The molecule has 1 fully saturated rings. The van der Waals surface area contributed by atoms with Crippen LogP contribution in [0.15, 0.2) is 4.52 Å². The van der Waals surface area contributed by atoms with Crippen molar-refractivity contribution in [2.75, 3.05) is 0 Å². The predicted octanol–water partition coefficient (Wildman–Crippen LogP) is 3.80. The fourth-order valence-electron chi connectivity index (χ4n) is 3.23. The van der Waals surface area contributed by atoms with Crippen molar-refractivity contribution in [3.63, 3.8) is 0 Å². The topological polar surface area (TPSA) is 64.9 Å². The van der Waals surface area contributed by atoms with Crippen LogP contribution in [0.4, 0.5) is 0 Å². The van der Waals surface area contributed by atoms with Gasteiger partial charge < -0.3 is 10.3 Å². The van der Waals surface area contributed by atoms with E-state index in [9.17, 15) is 0 Å². The van der Waals surface area contributed by atoms with Crippen molar-refractivity contribution in [2.24, 2.45) is 17.1 Å². The summed E-state index contributed by atoms with van der Waals surface area (Å²) < 4.78 is 5.32. The zero-order chi connectivity index (χ0) is 14.8. The van der Waals surface area contributed by atoms with E-state index in [1.165, 1.54) is 6.42 Å². The van der Waals surface area contributed by atoms with Gasteiger partial charge in [0.2, 0.25) is 5.89 Å². The molecule has 20 heavy (non-hydrogen) atoms. The van der Waals surface area contributed by atoms with E-state index in [0.29, 0.717) is 5.41 Å². The molecule has 114 valence electrons. The lowest BCUT2D eigenvalue weighted by Crippen LogP contribution is -2.37. The second-order valence-electron chi connectivity index (χ2n) is 7.41. The largest absolute Gasteiger partial charge is 0.339 e. The molecule has 0 aliphatic heterocycles. The van der Waals surface area contributed by atoms with Crippen molar-refractivity contribution < 1.29 is 4.52 Å². The third-order valence-electron chi connectivity index (χ3n) is 4.72. The monoisotopic (exact) mass is 279 g/mol. The van der Waals surface area contributed by atoms with Gasteiger partial charge in [-0.2, -0.15) is 4.98 Å². The van der Waals surface area contributed by atoms with E-state index >= 15 is 0 Å². The molecule has 0 spiro atoms. The second kappa shape index (κ2) is 5.84. The van der Waals surface area contributed by atoms with Gasteiger partial charge in [0.15, 0.2) is 5.82 Å². The van der Waals surface area contributed by atoms with Gasteiger partial charge in [0.05, 0.1) is 5.54 Å². The van der Waals surface area contributed by atoms with Gasteiger partial charge in [-0.25, -0.2) is 0 Å². The van der Waals surface area contributed by atoms with Gasteiger partial charge in [-0.1, -0.05) is 39.3 Å². The average molecular weight is 279 g/mol. The number of hydrogen-bond donors (Lipinski definition) is 1. The Bertz CT molecular complexity index is 435. The molecule has 1 aromatic rings. The minimum absolute atomic E-state index is 0.357. The van der Waals surface area contributed by atoms with Crippen LogP contribution in [0.5, 0.6) is 0 Å². The number of aromatic nitrogens is 2. The Labute approximate surface area is 122 Å². The van der Waals surface area contributed by atoms with Gasteiger partial charge >= 0.3 is 0 Å². The van der Waals surface area contributed by atoms with Crippen LogP contribution in [0.25, 0.3) is 0 Å². The summed E-state index contributed by atoms with van der Waals surface area (Å²) in [7, 11) is 0. The van der Waals surface area contributed by atoms with Crippen LogP contribution in [0.1, 0.15) is 77.9 Å². The molecule has 1 saturated carbocycles. The van der Waals surface area contributed by atoms with Crippen molar-refractivity contribution in [3.8, 4) is 0 Å². The summed E-state index contributed by atoms with van der Waals surface area (Å²) in [6.07, 6.45) is 7.33. The molecule has 1 aromatic heterocycles. The Morgan fingerprint density at radius 1 is 1.30 bits per heavy atom. The van der Waals surface area contributed by atoms with Crippen molar-refractivity contribution in [3.05, 3.63) is 11.7 Å². The highest BCUT2D eigenvalue weighted by molar-refractivity contribution is 5.05. The molecular weight excluding hydrogens is 250 g/mol. The molecular formula is C16H29N3O. The Kier molecular flexibility index (Phi) is 4.52. The standard InChI is InChI=1S/C16H29N3O/c1-5-7-13-18-14(19-20-13)16(17)10-6-8-12(9-11-16)15(2,3)4/h12H,5-11,17H2,1-4H3. The van der Waals surface area contributed by atoms with E-state index < -0.39 is 5.54 Å². The lowest BCUT2D eigenvalue weighted by atomic mass is 9.76. The Balaban J connectivity index is 2.10. The van der Waals surface area contributed by atoms with Gasteiger partial charge in [-0.15, -0.1) is 0 Å². The van der Waals surface area contributed by atoms with E-state index in [-0.39, 0.29) is 0 Å². The van der Waals surface area contributed by atoms with Crippen LogP contribution in [-0.4, -0.2) is 10.1 Å². The Morgan fingerprint density at radius 2 is 2.05 bits per heavy atom. The summed E-state index contributed by atoms with van der Waals surface area (Å²) in [6.45, 7) is 9.10. The smallest absolute Gasteiger partial charge is 0.226 e.